The highest BCUT2D eigenvalue weighted by atomic mass is 16.3. The number of unbranched alkanes of at least 4 members (excludes halogenated alkanes) is 34. The Balaban J connectivity index is 3.58. The molecular weight excluding hydrogens is 643 g/mol. The van der Waals surface area contributed by atoms with E-state index in [2.05, 4.69) is 19.2 Å². The quantitative estimate of drug-likeness (QED) is 0.0371. The molecule has 52 heavy (non-hydrogen) atoms. The molecule has 0 aromatic heterocycles. The second-order valence-corrected chi connectivity index (χ2v) is 16.4. The summed E-state index contributed by atoms with van der Waals surface area (Å²) in [5.41, 5.74) is 0. The smallest absolute Gasteiger partial charge is 0.222 e. The minimum absolute atomic E-state index is 0.0190. The summed E-state index contributed by atoms with van der Waals surface area (Å²) in [4.78, 5) is 12.4. The van der Waals surface area contributed by atoms with Gasteiger partial charge in [-0.1, -0.05) is 244 Å². The van der Waals surface area contributed by atoms with Crippen LogP contribution >= 0.6 is 0 Å². The Hall–Kier alpha value is -0.910. The lowest BCUT2D eigenvalue weighted by Gasteiger charge is -2.21. The van der Waals surface area contributed by atoms with Crippen LogP contribution in [0.4, 0.5) is 0 Å². The first-order valence-electron chi connectivity index (χ1n) is 23.5. The van der Waals surface area contributed by atoms with Crippen molar-refractivity contribution < 1.29 is 20.1 Å². The number of carbonyl (C=O) groups excluding carboxylic acids is 1. The molecule has 0 spiro atoms. The molecule has 4 N–H and O–H groups in total. The van der Waals surface area contributed by atoms with Crippen LogP contribution in [-0.2, 0) is 4.79 Å². The van der Waals surface area contributed by atoms with Crippen LogP contribution in [0.3, 0.4) is 0 Å². The van der Waals surface area contributed by atoms with Crippen LogP contribution in [0.15, 0.2) is 12.2 Å². The molecule has 0 aromatic rings. The molecule has 0 saturated heterocycles. The van der Waals surface area contributed by atoms with E-state index in [1.807, 2.05) is 6.08 Å². The van der Waals surface area contributed by atoms with Crippen molar-refractivity contribution in [2.45, 2.75) is 276 Å². The monoisotopic (exact) mass is 736 g/mol. The largest absolute Gasteiger partial charge is 0.394 e. The Kier molecular flexibility index (Phi) is 42.1. The Labute approximate surface area is 325 Å². The van der Waals surface area contributed by atoms with Gasteiger partial charge in [0, 0.05) is 0 Å². The van der Waals surface area contributed by atoms with Gasteiger partial charge in [-0.15, -0.1) is 0 Å². The van der Waals surface area contributed by atoms with E-state index in [1.54, 1.807) is 6.08 Å². The molecule has 0 aliphatic rings. The van der Waals surface area contributed by atoms with Gasteiger partial charge in [0.25, 0.3) is 0 Å². The molecule has 5 nitrogen and oxygen atoms in total. The number of rotatable bonds is 43. The molecule has 5 heteroatoms. The fourth-order valence-electron chi connectivity index (χ4n) is 7.46. The van der Waals surface area contributed by atoms with Gasteiger partial charge in [0.15, 0.2) is 0 Å². The van der Waals surface area contributed by atoms with E-state index in [-0.39, 0.29) is 18.9 Å². The zero-order valence-corrected chi connectivity index (χ0v) is 35.2. The third kappa shape index (κ3) is 38.8. The Morgan fingerprint density at radius 2 is 0.788 bits per heavy atom. The predicted octanol–water partition coefficient (Wildman–Crippen LogP) is 13.6. The molecule has 3 atom stereocenters. The predicted molar refractivity (Wildman–Crippen MR) is 227 cm³/mol. The van der Waals surface area contributed by atoms with Crippen molar-refractivity contribution >= 4 is 5.91 Å². The fraction of sp³-hybridized carbons (Fsp3) is 0.936. The number of aliphatic hydroxyl groups is 3. The summed E-state index contributed by atoms with van der Waals surface area (Å²) in [6.07, 6.45) is 50.8. The minimum atomic E-state index is -0.924. The van der Waals surface area contributed by atoms with E-state index in [9.17, 15) is 20.1 Å². The van der Waals surface area contributed by atoms with Crippen LogP contribution in [0.5, 0.6) is 0 Å². The molecule has 0 aliphatic carbocycles. The summed E-state index contributed by atoms with van der Waals surface area (Å²) >= 11 is 0. The van der Waals surface area contributed by atoms with Crippen LogP contribution in [-0.4, -0.2) is 46.1 Å². The normalized spacial score (nSPS) is 13.6. The second-order valence-electron chi connectivity index (χ2n) is 16.4. The number of hydrogen-bond acceptors (Lipinski definition) is 4. The minimum Gasteiger partial charge on any atom is -0.394 e. The molecule has 0 heterocycles. The number of amides is 1. The molecular formula is C47H93NO4. The van der Waals surface area contributed by atoms with E-state index in [0.29, 0.717) is 6.42 Å². The van der Waals surface area contributed by atoms with Crippen LogP contribution in [0, 0.1) is 0 Å². The third-order valence-corrected chi connectivity index (χ3v) is 11.1. The lowest BCUT2D eigenvalue weighted by atomic mass is 10.0. The molecule has 1 amide bonds. The van der Waals surface area contributed by atoms with E-state index in [0.717, 1.165) is 25.7 Å². The van der Waals surface area contributed by atoms with E-state index in [1.165, 1.54) is 205 Å². The van der Waals surface area contributed by atoms with Crippen molar-refractivity contribution in [2.24, 2.45) is 0 Å². The van der Waals surface area contributed by atoms with Crippen LogP contribution in [0.1, 0.15) is 258 Å². The molecule has 0 aliphatic heterocycles. The van der Waals surface area contributed by atoms with Gasteiger partial charge in [0.1, 0.15) is 0 Å². The van der Waals surface area contributed by atoms with Crippen molar-refractivity contribution in [3.8, 4) is 0 Å². The molecule has 0 fully saturated rings. The summed E-state index contributed by atoms with van der Waals surface area (Å²) in [7, 11) is 0. The Bertz CT molecular complexity index is 728. The first-order valence-corrected chi connectivity index (χ1v) is 23.5. The maximum atomic E-state index is 12.4. The number of allylic oxidation sites excluding steroid dienone is 1. The molecule has 310 valence electrons. The van der Waals surface area contributed by atoms with Crippen molar-refractivity contribution in [1.29, 1.82) is 0 Å². The molecule has 0 aromatic carbocycles. The van der Waals surface area contributed by atoms with Gasteiger partial charge in [-0.3, -0.25) is 4.79 Å². The maximum Gasteiger partial charge on any atom is 0.222 e. The first-order chi connectivity index (χ1) is 25.5. The van der Waals surface area contributed by atoms with Gasteiger partial charge < -0.3 is 20.6 Å². The van der Waals surface area contributed by atoms with Gasteiger partial charge in [0.05, 0.1) is 31.3 Å². The van der Waals surface area contributed by atoms with Crippen molar-refractivity contribution in [2.75, 3.05) is 6.61 Å². The third-order valence-electron chi connectivity index (χ3n) is 11.1. The van der Waals surface area contributed by atoms with Gasteiger partial charge >= 0.3 is 0 Å². The highest BCUT2D eigenvalue weighted by Gasteiger charge is 2.20. The number of nitrogens with one attached hydrogen (secondary N) is 1. The zero-order valence-electron chi connectivity index (χ0n) is 35.2. The number of hydrogen-bond donors (Lipinski definition) is 4. The van der Waals surface area contributed by atoms with E-state index in [4.69, 9.17) is 0 Å². The topological polar surface area (TPSA) is 89.8 Å². The SMILES string of the molecule is CCCCCCCCCCCCCCC/C=C/C(O)C(CO)NC(=O)CC(O)CCCCCCCCCCCCCCCCCCCCCCCC. The van der Waals surface area contributed by atoms with E-state index < -0.39 is 18.2 Å². The van der Waals surface area contributed by atoms with Gasteiger partial charge in [-0.2, -0.15) is 0 Å². The van der Waals surface area contributed by atoms with Crippen molar-refractivity contribution in [1.82, 2.24) is 5.32 Å². The summed E-state index contributed by atoms with van der Waals surface area (Å²) in [6, 6.07) is -0.739. The van der Waals surface area contributed by atoms with Crippen LogP contribution in [0.2, 0.25) is 0 Å². The number of aliphatic hydroxyl groups excluding tert-OH is 3. The molecule has 3 unspecified atom stereocenters. The Morgan fingerprint density at radius 3 is 1.12 bits per heavy atom. The van der Waals surface area contributed by atoms with Crippen LogP contribution < -0.4 is 5.32 Å². The van der Waals surface area contributed by atoms with Crippen molar-refractivity contribution in [3.05, 3.63) is 12.2 Å². The summed E-state index contributed by atoms with van der Waals surface area (Å²) in [5, 5.41) is 33.3. The lowest BCUT2D eigenvalue weighted by Crippen LogP contribution is -2.45. The summed E-state index contributed by atoms with van der Waals surface area (Å²) in [6.45, 7) is 4.23. The molecule has 0 radical (unpaired) electrons. The molecule has 0 bridgehead atoms. The first kappa shape index (κ1) is 51.1. The van der Waals surface area contributed by atoms with E-state index >= 15 is 0 Å². The van der Waals surface area contributed by atoms with Gasteiger partial charge in [-0.05, 0) is 19.3 Å². The summed E-state index contributed by atoms with van der Waals surface area (Å²) in [5.74, 6) is -0.311. The maximum absolute atomic E-state index is 12.4. The standard InChI is InChI=1S/C47H93NO4/c1-3-5-7-9-11-13-15-17-19-20-21-22-23-24-25-27-28-30-32-34-36-38-40-44(50)42-47(52)48-45(43-49)46(51)41-39-37-35-33-31-29-26-18-16-14-12-10-8-6-4-2/h39,41,44-46,49-51H,3-38,40,42-43H2,1-2H3,(H,48,52)/b41-39+. The molecule has 0 saturated carbocycles. The molecule has 0 rings (SSSR count). The second kappa shape index (κ2) is 42.8. The van der Waals surface area contributed by atoms with Crippen LogP contribution in [0.25, 0.3) is 0 Å². The van der Waals surface area contributed by atoms with Gasteiger partial charge in [-0.25, -0.2) is 0 Å². The average molecular weight is 736 g/mol. The summed E-state index contributed by atoms with van der Waals surface area (Å²) < 4.78 is 0. The highest BCUT2D eigenvalue weighted by Crippen LogP contribution is 2.17. The highest BCUT2D eigenvalue weighted by molar-refractivity contribution is 5.76. The van der Waals surface area contributed by atoms with Gasteiger partial charge in [0.2, 0.25) is 5.91 Å². The lowest BCUT2D eigenvalue weighted by molar-refractivity contribution is -0.124. The Morgan fingerprint density at radius 1 is 0.481 bits per heavy atom. The average Bonchev–Trinajstić information content (AvgIpc) is 3.14. The zero-order chi connectivity index (χ0) is 38.0. The number of carbonyl (C=O) groups is 1. The van der Waals surface area contributed by atoms with Crippen molar-refractivity contribution in [3.63, 3.8) is 0 Å². The fourth-order valence-corrected chi connectivity index (χ4v) is 7.46.